The van der Waals surface area contributed by atoms with Crippen LogP contribution in [0.15, 0.2) is 42.5 Å². The van der Waals surface area contributed by atoms with Crippen molar-refractivity contribution in [1.82, 2.24) is 4.98 Å². The molecule has 26 heavy (non-hydrogen) atoms. The highest BCUT2D eigenvalue weighted by atomic mass is 32.1. The number of para-hydroxylation sites is 1. The maximum Gasteiger partial charge on any atom is 0.414 e. The first-order valence-corrected chi connectivity index (χ1v) is 9.26. The molecule has 2 aromatic carbocycles. The summed E-state index contributed by atoms with van der Waals surface area (Å²) >= 11 is 1.63. The molecule has 1 amide bonds. The van der Waals surface area contributed by atoms with Crippen molar-refractivity contribution in [2.24, 2.45) is 0 Å². The largest absolute Gasteiger partial charge is 0.486 e. The summed E-state index contributed by atoms with van der Waals surface area (Å²) < 4.78 is 11.9. The molecule has 136 valence electrons. The van der Waals surface area contributed by atoms with E-state index in [1.165, 1.54) is 7.11 Å². The summed E-state index contributed by atoms with van der Waals surface area (Å²) in [5.41, 5.74) is 2.76. The zero-order chi connectivity index (χ0) is 18.7. The Hall–Kier alpha value is -2.60. The quantitative estimate of drug-likeness (QED) is 0.622. The average Bonchev–Trinajstić information content (AvgIpc) is 3.04. The number of thiazole rings is 1. The molecule has 0 aliphatic rings. The van der Waals surface area contributed by atoms with Gasteiger partial charge in [-0.2, -0.15) is 0 Å². The molecule has 0 spiro atoms. The number of aromatic nitrogens is 1. The van der Waals surface area contributed by atoms with E-state index >= 15 is 0 Å². The molecule has 0 atom stereocenters. The molecular formula is C20H22N2O3S. The van der Waals surface area contributed by atoms with Crippen LogP contribution in [0.5, 0.6) is 5.75 Å². The highest BCUT2D eigenvalue weighted by Crippen LogP contribution is 2.28. The zero-order valence-electron chi connectivity index (χ0n) is 15.4. The van der Waals surface area contributed by atoms with Crippen LogP contribution in [-0.4, -0.2) is 24.2 Å². The second-order valence-corrected chi connectivity index (χ2v) is 7.36. The van der Waals surface area contributed by atoms with Crippen LogP contribution in [-0.2, 0) is 11.3 Å². The third-order valence-corrected chi connectivity index (χ3v) is 5.03. The van der Waals surface area contributed by atoms with Gasteiger partial charge in [-0.05, 0) is 56.7 Å². The second kappa shape index (κ2) is 7.74. The van der Waals surface area contributed by atoms with Crippen molar-refractivity contribution in [3.8, 4) is 5.75 Å². The Morgan fingerprint density at radius 1 is 1.23 bits per heavy atom. The van der Waals surface area contributed by atoms with E-state index in [1.54, 1.807) is 16.2 Å². The minimum atomic E-state index is -0.369. The van der Waals surface area contributed by atoms with E-state index < -0.39 is 0 Å². The van der Waals surface area contributed by atoms with Gasteiger partial charge in [-0.3, -0.25) is 4.90 Å². The van der Waals surface area contributed by atoms with Crippen molar-refractivity contribution in [2.45, 2.75) is 33.4 Å². The normalized spacial score (nSPS) is 11.0. The van der Waals surface area contributed by atoms with Gasteiger partial charge in [0.15, 0.2) is 0 Å². The first-order chi connectivity index (χ1) is 12.5. The van der Waals surface area contributed by atoms with Crippen LogP contribution >= 0.6 is 11.3 Å². The smallest absolute Gasteiger partial charge is 0.414 e. The van der Waals surface area contributed by atoms with Gasteiger partial charge in [0.25, 0.3) is 0 Å². The molecule has 0 unspecified atom stereocenters. The Bertz CT molecular complexity index is 887. The Balaban J connectivity index is 1.75. The number of carbonyl (C=O) groups is 1. The summed E-state index contributed by atoms with van der Waals surface area (Å²) in [6.45, 7) is 6.28. The lowest BCUT2D eigenvalue weighted by Crippen LogP contribution is -2.37. The Morgan fingerprint density at radius 3 is 2.65 bits per heavy atom. The van der Waals surface area contributed by atoms with Gasteiger partial charge in [-0.15, -0.1) is 11.3 Å². The maximum atomic E-state index is 12.1. The summed E-state index contributed by atoms with van der Waals surface area (Å²) in [7, 11) is 1.39. The number of methoxy groups -OCH3 is 1. The summed E-state index contributed by atoms with van der Waals surface area (Å²) in [6, 6.07) is 13.7. The minimum absolute atomic E-state index is 0.00401. The SMILES string of the molecule is COC(=O)N(c1ccc(OCc2nc3ccccc3s2)cc1C)C(C)C. The van der Waals surface area contributed by atoms with Crippen LogP contribution in [0.1, 0.15) is 24.4 Å². The van der Waals surface area contributed by atoms with E-state index in [-0.39, 0.29) is 12.1 Å². The molecular weight excluding hydrogens is 348 g/mol. The number of hydrogen-bond donors (Lipinski definition) is 0. The van der Waals surface area contributed by atoms with Gasteiger partial charge < -0.3 is 9.47 Å². The zero-order valence-corrected chi connectivity index (χ0v) is 16.2. The van der Waals surface area contributed by atoms with E-state index in [4.69, 9.17) is 9.47 Å². The fourth-order valence-electron chi connectivity index (χ4n) is 2.80. The second-order valence-electron chi connectivity index (χ2n) is 6.25. The number of fused-ring (bicyclic) bond motifs is 1. The van der Waals surface area contributed by atoms with Gasteiger partial charge in [0.2, 0.25) is 0 Å². The van der Waals surface area contributed by atoms with Crippen LogP contribution in [0.2, 0.25) is 0 Å². The lowest BCUT2D eigenvalue weighted by molar-refractivity contribution is 0.177. The van der Waals surface area contributed by atoms with Crippen molar-refractivity contribution in [1.29, 1.82) is 0 Å². The molecule has 1 aromatic heterocycles. The number of aryl methyl sites for hydroxylation is 1. The van der Waals surface area contributed by atoms with E-state index in [9.17, 15) is 4.79 Å². The van der Waals surface area contributed by atoms with Crippen LogP contribution in [0.4, 0.5) is 10.5 Å². The summed E-state index contributed by atoms with van der Waals surface area (Å²) in [5, 5.41) is 0.936. The van der Waals surface area contributed by atoms with Crippen molar-refractivity contribution >= 4 is 33.3 Å². The number of amides is 1. The highest BCUT2D eigenvalue weighted by molar-refractivity contribution is 7.18. The van der Waals surface area contributed by atoms with Crippen molar-refractivity contribution in [3.05, 3.63) is 53.0 Å². The van der Waals surface area contributed by atoms with Gasteiger partial charge in [-0.25, -0.2) is 9.78 Å². The third-order valence-electron chi connectivity index (χ3n) is 4.02. The molecule has 6 heteroatoms. The molecule has 0 saturated heterocycles. The van der Waals surface area contributed by atoms with E-state index in [1.807, 2.05) is 57.2 Å². The molecule has 0 saturated carbocycles. The number of benzene rings is 2. The van der Waals surface area contributed by atoms with Crippen molar-refractivity contribution in [3.63, 3.8) is 0 Å². The topological polar surface area (TPSA) is 51.7 Å². The highest BCUT2D eigenvalue weighted by Gasteiger charge is 2.21. The number of anilines is 1. The van der Waals surface area contributed by atoms with E-state index in [0.717, 1.165) is 32.2 Å². The Kier molecular flexibility index (Phi) is 5.42. The van der Waals surface area contributed by atoms with Gasteiger partial charge in [0.05, 0.1) is 23.0 Å². The average molecular weight is 370 g/mol. The maximum absolute atomic E-state index is 12.1. The van der Waals surface area contributed by atoms with E-state index in [2.05, 4.69) is 11.1 Å². The molecule has 1 heterocycles. The van der Waals surface area contributed by atoms with Crippen molar-refractivity contribution in [2.75, 3.05) is 12.0 Å². The molecule has 0 radical (unpaired) electrons. The number of nitrogens with zero attached hydrogens (tertiary/aromatic N) is 2. The Labute approximate surface area is 157 Å². The lowest BCUT2D eigenvalue weighted by atomic mass is 10.1. The van der Waals surface area contributed by atoms with Crippen LogP contribution in [0, 0.1) is 6.92 Å². The molecule has 0 bridgehead atoms. The van der Waals surface area contributed by atoms with Gasteiger partial charge in [0, 0.05) is 6.04 Å². The molecule has 0 fully saturated rings. The van der Waals surface area contributed by atoms with Crippen LogP contribution in [0.3, 0.4) is 0 Å². The van der Waals surface area contributed by atoms with Crippen LogP contribution in [0.25, 0.3) is 10.2 Å². The third kappa shape index (κ3) is 3.80. The fourth-order valence-corrected chi connectivity index (χ4v) is 3.68. The molecule has 3 aromatic rings. The van der Waals surface area contributed by atoms with Gasteiger partial charge in [0.1, 0.15) is 17.4 Å². The van der Waals surface area contributed by atoms with Crippen molar-refractivity contribution < 1.29 is 14.3 Å². The van der Waals surface area contributed by atoms with Gasteiger partial charge in [-0.1, -0.05) is 12.1 Å². The summed E-state index contributed by atoms with van der Waals surface area (Å²) in [4.78, 5) is 18.3. The number of hydrogen-bond acceptors (Lipinski definition) is 5. The van der Waals surface area contributed by atoms with Crippen LogP contribution < -0.4 is 9.64 Å². The first-order valence-electron chi connectivity index (χ1n) is 8.44. The van der Waals surface area contributed by atoms with Gasteiger partial charge >= 0.3 is 6.09 Å². The summed E-state index contributed by atoms with van der Waals surface area (Å²) in [6.07, 6.45) is -0.369. The van der Waals surface area contributed by atoms with E-state index in [0.29, 0.717) is 6.61 Å². The predicted molar refractivity (Wildman–Crippen MR) is 105 cm³/mol. The standard InChI is InChI=1S/C20H22N2O3S/c1-13(2)22(20(23)24-4)17-10-9-15(11-14(17)3)25-12-19-21-16-7-5-6-8-18(16)26-19/h5-11,13H,12H2,1-4H3. The number of rotatable bonds is 5. The molecule has 5 nitrogen and oxygen atoms in total. The number of ether oxygens (including phenoxy) is 2. The molecule has 3 rings (SSSR count). The molecule has 0 aliphatic carbocycles. The number of carbonyl (C=O) groups excluding carboxylic acids is 1. The monoisotopic (exact) mass is 370 g/mol. The summed E-state index contributed by atoms with van der Waals surface area (Å²) in [5.74, 6) is 0.749. The molecule has 0 aliphatic heterocycles. The Morgan fingerprint density at radius 2 is 2.00 bits per heavy atom. The molecule has 0 N–H and O–H groups in total. The first kappa shape index (κ1) is 18.2. The predicted octanol–water partition coefficient (Wildman–Crippen LogP) is 5.16. The lowest BCUT2D eigenvalue weighted by Gasteiger charge is -2.27. The fraction of sp³-hybridized carbons (Fsp3) is 0.300. The minimum Gasteiger partial charge on any atom is -0.486 e.